The van der Waals surface area contributed by atoms with Crippen molar-refractivity contribution in [3.8, 4) is 0 Å². The molecule has 1 radical (unpaired) electrons. The van der Waals surface area contributed by atoms with Gasteiger partial charge in [-0.2, -0.15) is 13.2 Å². The molecular formula is C12H12F3N2O. The van der Waals surface area contributed by atoms with Crippen molar-refractivity contribution in [3.05, 3.63) is 30.3 Å². The predicted molar refractivity (Wildman–Crippen MR) is 60.1 cm³/mol. The van der Waals surface area contributed by atoms with Gasteiger partial charge in [-0.15, -0.1) is 0 Å². The van der Waals surface area contributed by atoms with Gasteiger partial charge in [0.25, 0.3) is 0 Å². The lowest BCUT2D eigenvalue weighted by Crippen LogP contribution is -2.52. The van der Waals surface area contributed by atoms with Gasteiger partial charge in [-0.05, 0) is 6.07 Å². The Morgan fingerprint density at radius 2 is 1.83 bits per heavy atom. The van der Waals surface area contributed by atoms with Crippen molar-refractivity contribution < 1.29 is 18.0 Å². The lowest BCUT2D eigenvalue weighted by atomic mass is 10.2. The van der Waals surface area contributed by atoms with Crippen LogP contribution in [0.25, 0.3) is 0 Å². The zero-order chi connectivity index (χ0) is 13.2. The summed E-state index contributed by atoms with van der Waals surface area (Å²) in [5.74, 6) is -1.75. The monoisotopic (exact) mass is 257 g/mol. The van der Waals surface area contributed by atoms with Gasteiger partial charge in [0.05, 0.1) is 0 Å². The van der Waals surface area contributed by atoms with E-state index in [2.05, 4.69) is 6.07 Å². The van der Waals surface area contributed by atoms with Crippen molar-refractivity contribution >= 4 is 11.6 Å². The molecule has 0 atom stereocenters. The summed E-state index contributed by atoms with van der Waals surface area (Å²) in [5.41, 5.74) is 0.844. The third-order valence-corrected chi connectivity index (χ3v) is 2.84. The second-order valence-corrected chi connectivity index (χ2v) is 4.02. The number of carbonyl (C=O) groups excluding carboxylic acids is 1. The molecule has 2 rings (SSSR count). The van der Waals surface area contributed by atoms with Gasteiger partial charge in [0, 0.05) is 37.9 Å². The van der Waals surface area contributed by atoms with Gasteiger partial charge >= 0.3 is 12.1 Å². The highest BCUT2D eigenvalue weighted by atomic mass is 19.4. The minimum absolute atomic E-state index is 0.0844. The lowest BCUT2D eigenvalue weighted by Gasteiger charge is -2.36. The maximum Gasteiger partial charge on any atom is 0.471 e. The molecule has 18 heavy (non-hydrogen) atoms. The number of piperazine rings is 1. The SMILES string of the molecule is O=C(N1CCN(c2[c]cccc2)CC1)C(F)(F)F. The quantitative estimate of drug-likeness (QED) is 0.764. The van der Waals surface area contributed by atoms with E-state index in [1.807, 2.05) is 23.1 Å². The average Bonchev–Trinajstić information content (AvgIpc) is 2.38. The molecule has 1 saturated heterocycles. The number of rotatable bonds is 1. The van der Waals surface area contributed by atoms with Crippen LogP contribution in [0.1, 0.15) is 0 Å². The van der Waals surface area contributed by atoms with Gasteiger partial charge in [-0.1, -0.05) is 18.2 Å². The van der Waals surface area contributed by atoms with E-state index in [0.717, 1.165) is 10.6 Å². The Bertz CT molecular complexity index is 411. The van der Waals surface area contributed by atoms with E-state index in [-0.39, 0.29) is 13.1 Å². The van der Waals surface area contributed by atoms with Gasteiger partial charge in [0.1, 0.15) is 0 Å². The van der Waals surface area contributed by atoms with E-state index in [4.69, 9.17) is 0 Å². The summed E-state index contributed by atoms with van der Waals surface area (Å²) >= 11 is 0. The number of halogens is 3. The number of amides is 1. The minimum atomic E-state index is -4.78. The van der Waals surface area contributed by atoms with E-state index < -0.39 is 12.1 Å². The number of nitrogens with zero attached hydrogens (tertiary/aromatic N) is 2. The van der Waals surface area contributed by atoms with E-state index >= 15 is 0 Å². The molecular weight excluding hydrogens is 245 g/mol. The van der Waals surface area contributed by atoms with E-state index in [1.165, 1.54) is 0 Å². The summed E-state index contributed by atoms with van der Waals surface area (Å²) < 4.78 is 36.7. The summed E-state index contributed by atoms with van der Waals surface area (Å²) in [5, 5.41) is 0. The van der Waals surface area contributed by atoms with Crippen molar-refractivity contribution in [1.82, 2.24) is 4.90 Å². The van der Waals surface area contributed by atoms with Gasteiger partial charge in [0.15, 0.2) is 0 Å². The Morgan fingerprint density at radius 3 is 2.33 bits per heavy atom. The first-order valence-corrected chi connectivity index (χ1v) is 5.56. The molecule has 1 aliphatic heterocycles. The molecule has 0 aromatic heterocycles. The fourth-order valence-corrected chi connectivity index (χ4v) is 1.91. The van der Waals surface area contributed by atoms with Crippen LogP contribution in [0.3, 0.4) is 0 Å². The van der Waals surface area contributed by atoms with Crippen molar-refractivity contribution in [3.63, 3.8) is 0 Å². The van der Waals surface area contributed by atoms with E-state index in [9.17, 15) is 18.0 Å². The molecule has 1 aliphatic rings. The highest BCUT2D eigenvalue weighted by Crippen LogP contribution is 2.21. The highest BCUT2D eigenvalue weighted by molar-refractivity contribution is 5.82. The van der Waals surface area contributed by atoms with Crippen LogP contribution < -0.4 is 4.90 Å². The number of hydrogen-bond donors (Lipinski definition) is 0. The lowest BCUT2D eigenvalue weighted by molar-refractivity contribution is -0.185. The zero-order valence-corrected chi connectivity index (χ0v) is 9.57. The molecule has 6 heteroatoms. The van der Waals surface area contributed by atoms with Crippen LogP contribution in [0.2, 0.25) is 0 Å². The Hall–Kier alpha value is -1.72. The first-order chi connectivity index (χ1) is 8.48. The largest absolute Gasteiger partial charge is 0.471 e. The maximum atomic E-state index is 12.2. The summed E-state index contributed by atoms with van der Waals surface area (Å²) in [6, 6.07) is 10.3. The van der Waals surface area contributed by atoms with Crippen molar-refractivity contribution in [2.75, 3.05) is 31.1 Å². The van der Waals surface area contributed by atoms with Gasteiger partial charge in [-0.25, -0.2) is 0 Å². The molecule has 0 aliphatic carbocycles. The molecule has 3 nitrogen and oxygen atoms in total. The molecule has 1 amide bonds. The smallest absolute Gasteiger partial charge is 0.367 e. The summed E-state index contributed by atoms with van der Waals surface area (Å²) in [6.45, 7) is 0.951. The first kappa shape index (κ1) is 12.7. The van der Waals surface area contributed by atoms with Gasteiger partial charge in [-0.3, -0.25) is 4.79 Å². The average molecular weight is 257 g/mol. The van der Waals surface area contributed by atoms with E-state index in [1.54, 1.807) is 6.07 Å². The molecule has 0 spiro atoms. The third-order valence-electron chi connectivity index (χ3n) is 2.84. The van der Waals surface area contributed by atoms with Crippen LogP contribution in [-0.2, 0) is 4.79 Å². The molecule has 0 saturated carbocycles. The standard InChI is InChI=1S/C12H12F3N2O/c13-12(14,15)11(18)17-8-6-16(7-9-17)10-4-2-1-3-5-10/h1-4H,6-9H2. The molecule has 0 N–H and O–H groups in total. The minimum Gasteiger partial charge on any atom is -0.367 e. The number of hydrogen-bond acceptors (Lipinski definition) is 2. The van der Waals surface area contributed by atoms with E-state index in [0.29, 0.717) is 13.1 Å². The molecule has 1 aromatic rings. The first-order valence-electron chi connectivity index (χ1n) is 5.56. The Balaban J connectivity index is 1.95. The van der Waals surface area contributed by atoms with Gasteiger partial charge in [0.2, 0.25) is 0 Å². The Labute approximate surface area is 103 Å². The Kier molecular flexibility index (Phi) is 3.45. The molecule has 97 valence electrons. The summed E-state index contributed by atoms with van der Waals surface area (Å²) in [7, 11) is 0. The summed E-state index contributed by atoms with van der Waals surface area (Å²) in [4.78, 5) is 13.8. The molecule has 0 unspecified atom stereocenters. The molecule has 1 fully saturated rings. The normalized spacial score (nSPS) is 16.8. The summed E-state index contributed by atoms with van der Waals surface area (Å²) in [6.07, 6.45) is -4.78. The number of alkyl halides is 3. The van der Waals surface area contributed by atoms with Crippen molar-refractivity contribution in [2.24, 2.45) is 0 Å². The number of benzene rings is 1. The van der Waals surface area contributed by atoms with Crippen LogP contribution in [0.15, 0.2) is 24.3 Å². The number of carbonyl (C=O) groups is 1. The third kappa shape index (κ3) is 2.75. The second-order valence-electron chi connectivity index (χ2n) is 4.02. The van der Waals surface area contributed by atoms with Crippen LogP contribution in [0.5, 0.6) is 0 Å². The molecule has 1 aromatic carbocycles. The van der Waals surface area contributed by atoms with Crippen molar-refractivity contribution in [1.29, 1.82) is 0 Å². The molecule has 1 heterocycles. The van der Waals surface area contributed by atoms with Crippen LogP contribution in [0, 0.1) is 6.07 Å². The Morgan fingerprint density at radius 1 is 1.17 bits per heavy atom. The predicted octanol–water partition coefficient (Wildman–Crippen LogP) is 1.70. The highest BCUT2D eigenvalue weighted by Gasteiger charge is 2.43. The van der Waals surface area contributed by atoms with Crippen LogP contribution >= 0.6 is 0 Å². The van der Waals surface area contributed by atoms with Crippen LogP contribution in [0.4, 0.5) is 18.9 Å². The van der Waals surface area contributed by atoms with Crippen molar-refractivity contribution in [2.45, 2.75) is 6.18 Å². The zero-order valence-electron chi connectivity index (χ0n) is 9.57. The maximum absolute atomic E-state index is 12.2. The van der Waals surface area contributed by atoms with Gasteiger partial charge < -0.3 is 9.80 Å². The number of para-hydroxylation sites is 1. The van der Waals surface area contributed by atoms with Crippen LogP contribution in [-0.4, -0.2) is 43.2 Å². The topological polar surface area (TPSA) is 23.6 Å². The second kappa shape index (κ2) is 4.88. The fraction of sp³-hybridized carbons (Fsp3) is 0.417. The number of anilines is 1. The fourth-order valence-electron chi connectivity index (χ4n) is 1.91. The molecule has 0 bridgehead atoms.